The fraction of sp³-hybridized carbons (Fsp3) is 0.706. The van der Waals surface area contributed by atoms with Gasteiger partial charge in [0.15, 0.2) is 7.14 Å². The fourth-order valence-corrected chi connectivity index (χ4v) is 34.7. The molecule has 6 aromatic rings. The van der Waals surface area contributed by atoms with Gasteiger partial charge in [0.05, 0.1) is 71.7 Å². The molecule has 128 heavy (non-hydrogen) atoms. The van der Waals surface area contributed by atoms with Crippen LogP contribution in [0.4, 0.5) is 0 Å². The summed E-state index contributed by atoms with van der Waals surface area (Å²) in [6.07, 6.45) is 30.9. The van der Waals surface area contributed by atoms with Gasteiger partial charge in [0.2, 0.25) is 0 Å². The number of aliphatic hydroxyl groups excluding tert-OH is 3. The molecule has 0 saturated heterocycles. The molecule has 18 rings (SSSR count). The van der Waals surface area contributed by atoms with Crippen LogP contribution in [0.2, 0.25) is 0 Å². The van der Waals surface area contributed by atoms with Crippen LogP contribution in [0.3, 0.4) is 0 Å². The third-order valence-electron chi connectivity index (χ3n) is 39.2. The number of hydrogen-bond donors (Lipinski definition) is 6. The summed E-state index contributed by atoms with van der Waals surface area (Å²) >= 11 is 0. The first-order valence-corrected chi connectivity index (χ1v) is 50.7. The van der Waals surface area contributed by atoms with Crippen molar-refractivity contribution in [3.8, 4) is 0 Å². The van der Waals surface area contributed by atoms with Gasteiger partial charge in [-0.15, -0.1) is 15.3 Å². The molecule has 0 spiro atoms. The van der Waals surface area contributed by atoms with Gasteiger partial charge in [-0.3, -0.25) is 14.4 Å². The molecule has 12 aliphatic carbocycles. The van der Waals surface area contributed by atoms with Crippen LogP contribution in [0.5, 0.6) is 0 Å². The van der Waals surface area contributed by atoms with Gasteiger partial charge in [-0.1, -0.05) is 114 Å². The zero-order valence-electron chi connectivity index (χ0n) is 76.6. The monoisotopic (exact) mass is 1780 g/mol. The predicted molar refractivity (Wildman–Crippen MR) is 478 cm³/mol. The van der Waals surface area contributed by atoms with E-state index in [0.29, 0.717) is 141 Å². The Kier molecular flexibility index (Phi) is 24.9. The summed E-state index contributed by atoms with van der Waals surface area (Å²) in [5.74, 6) is 3.06. The molecule has 0 amide bonds. The van der Waals surface area contributed by atoms with E-state index in [2.05, 4.69) is 93.2 Å². The second-order valence-corrected chi connectivity index (χ2v) is 47.2. The highest BCUT2D eigenvalue weighted by Crippen LogP contribution is 2.73. The number of carboxylic acids is 3. The Hall–Kier alpha value is -7.99. The Morgan fingerprint density at radius 1 is 0.375 bits per heavy atom. The number of carboxylic acid groups (broad SMARTS) is 3. The summed E-state index contributed by atoms with van der Waals surface area (Å²) in [7, 11) is -3.87. The molecule has 0 aliphatic heterocycles. The number of carbonyl (C=O) groups is 6. The van der Waals surface area contributed by atoms with E-state index in [1.165, 1.54) is 0 Å². The number of carbonyl (C=O) groups excluding carboxylic acids is 3. The van der Waals surface area contributed by atoms with Crippen molar-refractivity contribution in [1.29, 1.82) is 0 Å². The molecule has 0 radical (unpaired) electrons. The highest BCUT2D eigenvalue weighted by Gasteiger charge is 2.68. The summed E-state index contributed by atoms with van der Waals surface area (Å²) in [5, 5.41) is 93.4. The van der Waals surface area contributed by atoms with Crippen LogP contribution in [0, 0.1) is 139 Å². The first-order valence-electron chi connectivity index (χ1n) is 49.0. The maximum atomic E-state index is 16.4. The van der Waals surface area contributed by atoms with Crippen molar-refractivity contribution in [1.82, 2.24) is 45.0 Å². The number of nitrogens with zero attached hydrogens (tertiary/aromatic N) is 9. The molecule has 26 heteroatoms. The van der Waals surface area contributed by atoms with Gasteiger partial charge in [-0.25, -0.2) is 28.4 Å². The molecule has 3 aromatic heterocycles. The first kappa shape index (κ1) is 90.5. The summed E-state index contributed by atoms with van der Waals surface area (Å²) < 4.78 is 39.9. The molecule has 692 valence electrons. The van der Waals surface area contributed by atoms with Crippen LogP contribution >= 0.6 is 7.14 Å². The highest BCUT2D eigenvalue weighted by atomic mass is 31.2. The van der Waals surface area contributed by atoms with E-state index in [-0.39, 0.29) is 124 Å². The van der Waals surface area contributed by atoms with Crippen LogP contribution < -0.4 is 15.9 Å². The molecule has 12 saturated carbocycles. The summed E-state index contributed by atoms with van der Waals surface area (Å²) in [5.41, 5.74) is 1.80. The van der Waals surface area contributed by atoms with Gasteiger partial charge in [0.25, 0.3) is 0 Å². The first-order chi connectivity index (χ1) is 61.1. The second kappa shape index (κ2) is 35.2. The molecular weight excluding hydrogens is 1640 g/mol. The van der Waals surface area contributed by atoms with Gasteiger partial charge in [-0.05, 0) is 349 Å². The number of aliphatic hydroxyl groups is 3. The van der Waals surface area contributed by atoms with Crippen molar-refractivity contribution in [2.24, 2.45) is 139 Å². The average Bonchev–Trinajstić information content (AvgIpc) is 1.46. The molecule has 3 aromatic carbocycles. The lowest BCUT2D eigenvalue weighted by Gasteiger charge is -2.62. The maximum absolute atomic E-state index is 16.4. The summed E-state index contributed by atoms with van der Waals surface area (Å²) in [6, 6.07) is 19.7. The Bertz CT molecular complexity index is 4640. The SMILES string of the molecule is C[C@H](CCC(=O)O)[C@H]1CC[C@H]2[C@@H]3CC[C@@H]4C[C@H](n5cc(COC(=O)c6ccc(P(=O)(c7ccc(C(=O)OCc8cn([C@@H]9CC[C@@]%10(C)[C@H](CC[C@@H]%11[C@@H]%10C[C@H](O)[C@]%10(C)[C@@H]([C@H](C)CCC(=O)O)CC[C@@H]%11%10)C9)nn8)cc7)c7ccc(C(=O)OCc8cn([C@@H]9CC[C@@]%10(C)[C@H](CC[C@@H]%11[C@@H]%10C[C@H](O)[C@]%10(C)[C@@H]([C@H](C)CCC(=O)O)CC[C@@H]%11%10)C9)nn8)cc7)cc6)nn5)CC[C@]4(C)[C@H]3C[C@H](O)[C@]12C. The number of hydrogen-bond acceptors (Lipinski definition) is 19. The van der Waals surface area contributed by atoms with Crippen LogP contribution in [0.15, 0.2) is 91.4 Å². The Balaban J connectivity index is 0.517. The standard InChI is InChI=1S/C102H138N9O16P/c1-58(10-37-91(115)116)79-31-34-82-76-28-19-64-46-70(40-43-97(64,4)85(76)49-88(112)100(79,82)7)109-52-67(103-106-109)55-125-94(121)61-13-22-73(23-14-61)128(124,74-24-15-62(16-25-74)95(122)126-56-68-53-110(107-104-68)71-41-44-98(5)65(47-71)20-29-77-83-35-32-80(59(2)11-38-92(117)118)101(83,8)89(113)50-86(77)98)75-26-17-63(18-27-75)96(123)127-57-69-54-111(108-105-69)72-42-45-99(6)66(48-72)21-30-78-84-36-33-81(60(3)12-39-93(119)120)102(84,9)90(114)51-87(78)99/h13-18,22-27,52-54,58-60,64-66,70-72,76-90,112-114H,10-12,19-21,28-51,55-57H2,1-9H3,(H,115,116)(H,117,118)(H,119,120)/t58-,59-,60-,64-,65-,66-,70-,71-,72-,76+,77+,78+,79-,80-,81-,82+,83+,84+,85+,86+,87+,88+,89+,90+,97+,98+,99+,100-,101-,102-/m1/s1. The molecule has 25 nitrogen and oxygen atoms in total. The van der Waals surface area contributed by atoms with Crippen molar-refractivity contribution in [3.05, 3.63) is 125 Å². The van der Waals surface area contributed by atoms with E-state index in [1.807, 2.05) is 32.6 Å². The molecule has 0 unspecified atom stereocenters. The molecule has 3 heterocycles. The minimum Gasteiger partial charge on any atom is -0.481 e. The Morgan fingerprint density at radius 3 is 0.898 bits per heavy atom. The van der Waals surface area contributed by atoms with Crippen molar-refractivity contribution < 1.29 is 78.2 Å². The zero-order chi connectivity index (χ0) is 90.1. The Morgan fingerprint density at radius 2 is 0.641 bits per heavy atom. The number of aromatic nitrogens is 9. The van der Waals surface area contributed by atoms with Crippen LogP contribution in [-0.4, -0.2) is 130 Å². The number of fused-ring (bicyclic) bond motifs is 15. The normalized spacial score (nSPS) is 38.2. The van der Waals surface area contributed by atoms with Gasteiger partial charge in [-0.2, -0.15) is 0 Å². The van der Waals surface area contributed by atoms with Crippen LogP contribution in [0.25, 0.3) is 0 Å². The average molecular weight is 1780 g/mol. The van der Waals surface area contributed by atoms with E-state index in [4.69, 9.17) is 14.2 Å². The second-order valence-electron chi connectivity index (χ2n) is 44.4. The summed E-state index contributed by atoms with van der Waals surface area (Å²) in [4.78, 5) is 76.8. The van der Waals surface area contributed by atoms with Crippen LogP contribution in [-0.2, 0) is 53.0 Å². The number of rotatable bonds is 27. The van der Waals surface area contributed by atoms with Crippen molar-refractivity contribution in [3.63, 3.8) is 0 Å². The number of esters is 3. The van der Waals surface area contributed by atoms with Crippen molar-refractivity contribution >= 4 is 58.9 Å². The predicted octanol–water partition coefficient (Wildman–Crippen LogP) is 17.2. The minimum absolute atomic E-state index is 0.0761. The third-order valence-corrected chi connectivity index (χ3v) is 42.3. The largest absolute Gasteiger partial charge is 0.481 e. The van der Waals surface area contributed by atoms with Gasteiger partial charge >= 0.3 is 35.8 Å². The lowest BCUT2D eigenvalue weighted by molar-refractivity contribution is -0.171. The molecule has 0 bridgehead atoms. The van der Waals surface area contributed by atoms with E-state index < -0.39 is 61.3 Å². The number of benzene rings is 3. The maximum Gasteiger partial charge on any atom is 0.338 e. The van der Waals surface area contributed by atoms with Crippen molar-refractivity contribution in [2.75, 3.05) is 0 Å². The quantitative estimate of drug-likeness (QED) is 0.0158. The third kappa shape index (κ3) is 15.9. The number of ether oxygens (including phenoxy) is 3. The number of aliphatic carboxylic acids is 3. The highest BCUT2D eigenvalue weighted by molar-refractivity contribution is 7.85. The molecular formula is C102H138N9O16P. The van der Waals surface area contributed by atoms with Gasteiger partial charge < -0.3 is 49.4 Å². The van der Waals surface area contributed by atoms with E-state index >= 15 is 4.57 Å². The smallest absolute Gasteiger partial charge is 0.338 e. The van der Waals surface area contributed by atoms with E-state index in [1.54, 1.807) is 72.8 Å². The zero-order valence-corrected chi connectivity index (χ0v) is 77.5. The minimum atomic E-state index is -3.87. The summed E-state index contributed by atoms with van der Waals surface area (Å²) in [6.45, 7) is 20.6. The lowest BCUT2D eigenvalue weighted by Crippen LogP contribution is -2.58. The van der Waals surface area contributed by atoms with Crippen LogP contribution in [0.1, 0.15) is 321 Å². The van der Waals surface area contributed by atoms with E-state index in [9.17, 15) is 59.4 Å². The Labute approximate surface area is 753 Å². The van der Waals surface area contributed by atoms with Gasteiger partial charge in [0, 0.05) is 35.2 Å². The molecule has 12 aliphatic rings. The fourth-order valence-electron chi connectivity index (χ4n) is 32.1. The molecule has 12 fully saturated rings. The topological polar surface area (TPSA) is 361 Å². The molecule has 6 N–H and O–H groups in total. The van der Waals surface area contributed by atoms with Gasteiger partial charge in [0.1, 0.15) is 36.9 Å². The van der Waals surface area contributed by atoms with Crippen molar-refractivity contribution in [2.45, 2.75) is 311 Å². The van der Waals surface area contributed by atoms with E-state index in [0.717, 1.165) is 154 Å². The lowest BCUT2D eigenvalue weighted by atomic mass is 9.43. The molecule has 30 atom stereocenters.